The van der Waals surface area contributed by atoms with Crippen LogP contribution in [0.4, 0.5) is 4.79 Å². The smallest absolute Gasteiger partial charge is 0.424 e. The summed E-state index contributed by atoms with van der Waals surface area (Å²) in [6, 6.07) is 9.17. The summed E-state index contributed by atoms with van der Waals surface area (Å²) in [6.45, 7) is 10.7. The molecule has 1 aromatic heterocycles. The topological polar surface area (TPSA) is 66.1 Å². The van der Waals surface area contributed by atoms with E-state index < -0.39 is 17.4 Å². The average Bonchev–Trinajstić information content (AvgIpc) is 2.72. The number of rotatable bonds is 2. The molecule has 116 valence electrons. The molecule has 0 aliphatic carbocycles. The van der Waals surface area contributed by atoms with Crippen LogP contribution in [-0.2, 0) is 4.74 Å². The van der Waals surface area contributed by atoms with Crippen LogP contribution in [0.3, 0.4) is 0 Å². The second-order valence-corrected chi connectivity index (χ2v) is 5.87. The normalized spacial score (nSPS) is 11.3. The number of benzene rings is 1. The van der Waals surface area contributed by atoms with Crippen LogP contribution in [-0.4, -0.2) is 26.0 Å². The van der Waals surface area contributed by atoms with Gasteiger partial charge < -0.3 is 4.74 Å². The average molecular weight is 301 g/mol. The minimum absolute atomic E-state index is 0.247. The summed E-state index contributed by atoms with van der Waals surface area (Å²) in [5.74, 6) is 0.247. The summed E-state index contributed by atoms with van der Waals surface area (Å²) >= 11 is 0. The third-order valence-corrected chi connectivity index (χ3v) is 2.88. The molecule has 0 N–H and O–H groups in total. The first-order valence-electron chi connectivity index (χ1n) is 6.87. The maximum Gasteiger partial charge on any atom is 0.424 e. The highest BCUT2D eigenvalue weighted by atomic mass is 16.6. The van der Waals surface area contributed by atoms with Gasteiger partial charge in [-0.05, 0) is 33.3 Å². The lowest BCUT2D eigenvalue weighted by atomic mass is 10.2. The van der Waals surface area contributed by atoms with Crippen molar-refractivity contribution in [1.29, 1.82) is 0 Å². The molecule has 0 fully saturated rings. The van der Waals surface area contributed by atoms with E-state index >= 15 is 0 Å². The van der Waals surface area contributed by atoms with E-state index in [0.717, 1.165) is 14.8 Å². The highest BCUT2D eigenvalue weighted by molar-refractivity contribution is 5.72. The van der Waals surface area contributed by atoms with Gasteiger partial charge >= 0.3 is 11.8 Å². The van der Waals surface area contributed by atoms with Gasteiger partial charge in [0, 0.05) is 0 Å². The Morgan fingerprint density at radius 1 is 1.23 bits per heavy atom. The van der Waals surface area contributed by atoms with Gasteiger partial charge in [-0.3, -0.25) is 0 Å². The SMILES string of the molecule is C=C(c1ccccc1)n1nc(C)n(C(=O)OC(C)(C)C)c1=O. The molecule has 0 saturated carbocycles. The predicted octanol–water partition coefficient (Wildman–Crippen LogP) is 2.66. The molecule has 0 saturated heterocycles. The van der Waals surface area contributed by atoms with Crippen LogP contribution in [0.1, 0.15) is 32.2 Å². The van der Waals surface area contributed by atoms with Crippen LogP contribution in [0.25, 0.3) is 5.70 Å². The van der Waals surface area contributed by atoms with Crippen molar-refractivity contribution in [3.63, 3.8) is 0 Å². The third-order valence-electron chi connectivity index (χ3n) is 2.88. The molecule has 0 aliphatic heterocycles. The Labute approximate surface area is 128 Å². The van der Waals surface area contributed by atoms with Gasteiger partial charge in [-0.2, -0.15) is 9.25 Å². The van der Waals surface area contributed by atoms with Crippen molar-refractivity contribution >= 4 is 11.8 Å². The number of carbonyl (C=O) groups is 1. The summed E-state index contributed by atoms with van der Waals surface area (Å²) in [7, 11) is 0. The predicted molar refractivity (Wildman–Crippen MR) is 83.7 cm³/mol. The molecule has 1 heterocycles. The molecule has 0 spiro atoms. The van der Waals surface area contributed by atoms with Crippen LogP contribution in [0.15, 0.2) is 41.7 Å². The zero-order valence-corrected chi connectivity index (χ0v) is 13.2. The first-order chi connectivity index (χ1) is 10.2. The zero-order chi connectivity index (χ0) is 16.5. The van der Waals surface area contributed by atoms with Crippen molar-refractivity contribution in [2.45, 2.75) is 33.3 Å². The van der Waals surface area contributed by atoms with E-state index in [2.05, 4.69) is 11.7 Å². The van der Waals surface area contributed by atoms with Crippen molar-refractivity contribution in [2.75, 3.05) is 0 Å². The van der Waals surface area contributed by atoms with Gasteiger partial charge in [-0.25, -0.2) is 9.59 Å². The number of carbonyl (C=O) groups excluding carboxylic acids is 1. The molecule has 0 bridgehead atoms. The Kier molecular flexibility index (Phi) is 4.03. The molecule has 6 heteroatoms. The minimum atomic E-state index is -0.748. The summed E-state index contributed by atoms with van der Waals surface area (Å²) in [4.78, 5) is 24.6. The van der Waals surface area contributed by atoms with Crippen molar-refractivity contribution in [1.82, 2.24) is 14.3 Å². The number of hydrogen-bond donors (Lipinski definition) is 0. The van der Waals surface area contributed by atoms with Crippen molar-refractivity contribution < 1.29 is 9.53 Å². The van der Waals surface area contributed by atoms with Crippen LogP contribution in [0.2, 0.25) is 0 Å². The van der Waals surface area contributed by atoms with Gasteiger partial charge in [-0.1, -0.05) is 36.9 Å². The zero-order valence-electron chi connectivity index (χ0n) is 13.2. The van der Waals surface area contributed by atoms with E-state index in [4.69, 9.17) is 4.74 Å². The lowest BCUT2D eigenvalue weighted by molar-refractivity contribution is 0.0527. The van der Waals surface area contributed by atoms with Gasteiger partial charge in [0.2, 0.25) is 0 Å². The Hall–Kier alpha value is -2.63. The van der Waals surface area contributed by atoms with Gasteiger partial charge in [0.15, 0.2) is 0 Å². The Balaban J connectivity index is 2.42. The highest BCUT2D eigenvalue weighted by Gasteiger charge is 2.24. The van der Waals surface area contributed by atoms with Crippen molar-refractivity contribution in [3.05, 3.63) is 58.8 Å². The fourth-order valence-electron chi connectivity index (χ4n) is 1.91. The number of hydrogen-bond acceptors (Lipinski definition) is 4. The molecule has 0 aliphatic rings. The Morgan fingerprint density at radius 3 is 2.36 bits per heavy atom. The van der Waals surface area contributed by atoms with Crippen LogP contribution < -0.4 is 5.69 Å². The van der Waals surface area contributed by atoms with E-state index in [9.17, 15) is 9.59 Å². The molecule has 0 atom stereocenters. The summed E-state index contributed by atoms with van der Waals surface area (Å²) in [5, 5.41) is 4.10. The molecular formula is C16H19N3O3. The van der Waals surface area contributed by atoms with E-state index in [-0.39, 0.29) is 5.82 Å². The van der Waals surface area contributed by atoms with Crippen LogP contribution >= 0.6 is 0 Å². The number of aryl methyl sites for hydroxylation is 1. The molecule has 0 unspecified atom stereocenters. The van der Waals surface area contributed by atoms with Crippen LogP contribution in [0, 0.1) is 6.92 Å². The summed E-state index contributed by atoms with van der Waals surface area (Å²) in [6.07, 6.45) is -0.748. The third kappa shape index (κ3) is 3.16. The fourth-order valence-corrected chi connectivity index (χ4v) is 1.91. The number of ether oxygens (including phenoxy) is 1. The summed E-state index contributed by atoms with van der Waals surface area (Å²) < 4.78 is 7.23. The fraction of sp³-hybridized carbons (Fsp3) is 0.312. The standard InChI is InChI=1S/C16H19N3O3/c1-11(13-9-7-6-8-10-13)19-14(20)18(12(2)17-19)15(21)22-16(3,4)5/h6-10H,1H2,2-5H3. The van der Waals surface area contributed by atoms with Gasteiger partial charge in [-0.15, -0.1) is 5.10 Å². The van der Waals surface area contributed by atoms with Crippen LogP contribution in [0.5, 0.6) is 0 Å². The largest absolute Gasteiger partial charge is 0.443 e. The Morgan fingerprint density at radius 2 is 1.82 bits per heavy atom. The Bertz CT molecular complexity index is 764. The van der Waals surface area contributed by atoms with E-state index in [1.54, 1.807) is 27.7 Å². The molecule has 2 rings (SSSR count). The van der Waals surface area contributed by atoms with E-state index in [0.29, 0.717) is 5.70 Å². The maximum atomic E-state index is 12.4. The molecule has 0 amide bonds. The second kappa shape index (κ2) is 5.63. The minimum Gasteiger partial charge on any atom is -0.443 e. The van der Waals surface area contributed by atoms with Gasteiger partial charge in [0.25, 0.3) is 0 Å². The molecular weight excluding hydrogens is 282 g/mol. The quantitative estimate of drug-likeness (QED) is 0.855. The van der Waals surface area contributed by atoms with Crippen molar-refractivity contribution in [2.24, 2.45) is 0 Å². The lowest BCUT2D eigenvalue weighted by Gasteiger charge is -2.19. The van der Waals surface area contributed by atoms with Gasteiger partial charge in [0.1, 0.15) is 11.4 Å². The molecule has 6 nitrogen and oxygen atoms in total. The molecule has 1 aromatic carbocycles. The van der Waals surface area contributed by atoms with Crippen molar-refractivity contribution in [3.8, 4) is 0 Å². The number of nitrogens with zero attached hydrogens (tertiary/aromatic N) is 3. The number of aromatic nitrogens is 3. The maximum absolute atomic E-state index is 12.4. The van der Waals surface area contributed by atoms with E-state index in [1.807, 2.05) is 30.3 Å². The lowest BCUT2D eigenvalue weighted by Crippen LogP contribution is -2.35. The second-order valence-electron chi connectivity index (χ2n) is 5.87. The summed E-state index contributed by atoms with van der Waals surface area (Å²) in [5.41, 5.74) is -0.142. The monoisotopic (exact) mass is 301 g/mol. The first kappa shape index (κ1) is 15.8. The molecule has 0 radical (unpaired) electrons. The highest BCUT2D eigenvalue weighted by Crippen LogP contribution is 2.13. The molecule has 22 heavy (non-hydrogen) atoms. The van der Waals surface area contributed by atoms with E-state index in [1.165, 1.54) is 0 Å². The molecule has 2 aromatic rings. The first-order valence-corrected chi connectivity index (χ1v) is 6.87. The van der Waals surface area contributed by atoms with Gasteiger partial charge in [0.05, 0.1) is 5.70 Å².